The second kappa shape index (κ2) is 28.1. The van der Waals surface area contributed by atoms with Crippen LogP contribution in [0.5, 0.6) is 0 Å². The van der Waals surface area contributed by atoms with Crippen LogP contribution in [0, 0.1) is 96.9 Å². The van der Waals surface area contributed by atoms with Crippen LogP contribution in [-0.4, -0.2) is 39.0 Å². The van der Waals surface area contributed by atoms with Crippen molar-refractivity contribution in [2.45, 2.75) is 96.9 Å². The predicted molar refractivity (Wildman–Crippen MR) is 382 cm³/mol. The van der Waals surface area contributed by atoms with Crippen molar-refractivity contribution in [2.24, 2.45) is 14.1 Å². The van der Waals surface area contributed by atoms with E-state index >= 15 is 0 Å². The van der Waals surface area contributed by atoms with E-state index in [2.05, 4.69) is 326 Å². The van der Waals surface area contributed by atoms with E-state index in [1.54, 1.807) is 0 Å². The summed E-state index contributed by atoms with van der Waals surface area (Å²) in [6.07, 6.45) is 14.1. The standard InChI is InChI=1S/8C10H11N/c1-7-5-9-3-4-11-10(9)6-8(7)2;1-7-5-8(2)9-3-4-11-10(9)6-7;1-7-5-8(2)10-9(6-7)3-4-11-10;1-8-3-4-10-9(7-8)5-6-11(10)2;1-7-3-4-10-9(8(7)2)5-6-11-10;1-7-3-4-8(2)10-9(7)5-6-11-10;1-8-4-3-5-10-9(8)6-7-11(10)2;1-7-4-3-5-10-9(7)6-8(2)11-10/h3*3-6,11H,1-2H3;3-7H,1-2H3;2*3-6,11H,1-2H3;3-7H,1-2H3;3-6,11H,1-2H3. The van der Waals surface area contributed by atoms with Gasteiger partial charge in [0.2, 0.25) is 0 Å². The average Bonchev–Trinajstić information content (AvgIpc) is 4.54. The number of nitrogens with one attached hydrogen (secondary N) is 6. The fourth-order valence-corrected chi connectivity index (χ4v) is 11.5. The molecular weight excluding hydrogens is 1070 g/mol. The van der Waals surface area contributed by atoms with Crippen LogP contribution in [0.15, 0.2) is 207 Å². The van der Waals surface area contributed by atoms with Crippen LogP contribution in [-0.2, 0) is 14.1 Å². The van der Waals surface area contributed by atoms with E-state index in [1.807, 2.05) is 31.0 Å². The topological polar surface area (TPSA) is 105 Å². The molecule has 0 fully saturated rings. The van der Waals surface area contributed by atoms with Crippen molar-refractivity contribution in [2.75, 3.05) is 0 Å². The zero-order valence-corrected chi connectivity index (χ0v) is 54.5. The van der Waals surface area contributed by atoms with E-state index in [-0.39, 0.29) is 0 Å². The van der Waals surface area contributed by atoms with Crippen LogP contribution >= 0.6 is 0 Å². The van der Waals surface area contributed by atoms with E-state index < -0.39 is 0 Å². The van der Waals surface area contributed by atoms with E-state index in [1.165, 1.54) is 165 Å². The van der Waals surface area contributed by atoms with Gasteiger partial charge in [0, 0.05) is 134 Å². The smallest absolute Gasteiger partial charge is 0.0486 e. The van der Waals surface area contributed by atoms with Gasteiger partial charge in [-0.05, 0) is 277 Å². The highest BCUT2D eigenvalue weighted by Crippen LogP contribution is 2.25. The van der Waals surface area contributed by atoms with Crippen molar-refractivity contribution < 1.29 is 0 Å². The van der Waals surface area contributed by atoms with Crippen molar-refractivity contribution in [1.82, 2.24) is 39.0 Å². The first-order valence-electron chi connectivity index (χ1n) is 30.5. The minimum absolute atomic E-state index is 1.23. The lowest BCUT2D eigenvalue weighted by molar-refractivity contribution is 0.969. The number of rotatable bonds is 0. The van der Waals surface area contributed by atoms with Crippen molar-refractivity contribution >= 4 is 87.2 Å². The molecule has 0 amide bonds. The lowest BCUT2D eigenvalue weighted by Gasteiger charge is -1.99. The van der Waals surface area contributed by atoms with E-state index in [4.69, 9.17) is 0 Å². The summed E-state index contributed by atoms with van der Waals surface area (Å²) in [5, 5.41) is 10.6. The largest absolute Gasteiger partial charge is 0.361 e. The minimum Gasteiger partial charge on any atom is -0.361 e. The molecule has 16 aromatic rings. The normalized spacial score (nSPS) is 10.7. The maximum absolute atomic E-state index is 3.30. The Morgan fingerprint density at radius 3 is 1.60 bits per heavy atom. The summed E-state index contributed by atoms with van der Waals surface area (Å²) in [4.78, 5) is 19.3. The third kappa shape index (κ3) is 15.0. The number of hydrogen-bond acceptors (Lipinski definition) is 0. The second-order valence-corrected chi connectivity index (χ2v) is 23.9. The van der Waals surface area contributed by atoms with E-state index in [0.29, 0.717) is 0 Å². The minimum atomic E-state index is 1.23. The number of benzene rings is 8. The molecule has 8 nitrogen and oxygen atoms in total. The fourth-order valence-electron chi connectivity index (χ4n) is 11.5. The Labute approximate surface area is 519 Å². The number of aryl methyl sites for hydroxylation is 16. The predicted octanol–water partition coefficient (Wildman–Crippen LogP) is 21.7. The molecule has 8 aromatic heterocycles. The van der Waals surface area contributed by atoms with Gasteiger partial charge in [0.15, 0.2) is 0 Å². The lowest BCUT2D eigenvalue weighted by atomic mass is 10.1. The Bertz CT molecular complexity index is 4760. The summed E-state index contributed by atoms with van der Waals surface area (Å²) in [5.74, 6) is 0. The van der Waals surface area contributed by atoms with Crippen molar-refractivity contribution in [1.29, 1.82) is 0 Å². The van der Waals surface area contributed by atoms with Gasteiger partial charge < -0.3 is 39.0 Å². The summed E-state index contributed by atoms with van der Waals surface area (Å²) in [7, 11) is 4.14. The molecule has 0 radical (unpaired) electrons. The Kier molecular flexibility index (Phi) is 20.0. The number of hydrogen-bond donors (Lipinski definition) is 6. The Hall–Kier alpha value is -9.92. The second-order valence-electron chi connectivity index (χ2n) is 23.9. The summed E-state index contributed by atoms with van der Waals surface area (Å²) in [6, 6.07) is 58.0. The van der Waals surface area contributed by atoms with Gasteiger partial charge in [0.05, 0.1) is 0 Å². The fraction of sp³-hybridized carbons (Fsp3) is 0.200. The third-order valence-corrected chi connectivity index (χ3v) is 16.8. The molecule has 88 heavy (non-hydrogen) atoms. The van der Waals surface area contributed by atoms with Gasteiger partial charge in [-0.3, -0.25) is 0 Å². The van der Waals surface area contributed by atoms with Crippen LogP contribution in [0.3, 0.4) is 0 Å². The highest BCUT2D eigenvalue weighted by Gasteiger charge is 2.04. The number of H-pyrrole nitrogens is 6. The van der Waals surface area contributed by atoms with Crippen LogP contribution < -0.4 is 0 Å². The Balaban J connectivity index is 0.000000120. The number of nitrogens with zero attached hydrogens (tertiary/aromatic N) is 2. The van der Waals surface area contributed by atoms with Crippen LogP contribution in [0.1, 0.15) is 78.0 Å². The molecule has 0 saturated carbocycles. The molecule has 8 heteroatoms. The van der Waals surface area contributed by atoms with Gasteiger partial charge in [-0.1, -0.05) is 71.8 Å². The summed E-state index contributed by atoms with van der Waals surface area (Å²) < 4.78 is 4.27. The molecule has 8 aromatic carbocycles. The molecule has 0 atom stereocenters. The van der Waals surface area contributed by atoms with Crippen LogP contribution in [0.4, 0.5) is 0 Å². The van der Waals surface area contributed by atoms with Gasteiger partial charge in [-0.2, -0.15) is 0 Å². The molecule has 0 unspecified atom stereocenters. The van der Waals surface area contributed by atoms with Crippen molar-refractivity contribution in [3.8, 4) is 0 Å². The van der Waals surface area contributed by atoms with Crippen molar-refractivity contribution in [3.05, 3.63) is 285 Å². The Morgan fingerprint density at radius 1 is 0.273 bits per heavy atom. The molecule has 0 aliphatic rings. The molecule has 0 aliphatic heterocycles. The van der Waals surface area contributed by atoms with E-state index in [0.717, 1.165) is 0 Å². The molecule has 0 bridgehead atoms. The molecule has 0 saturated heterocycles. The van der Waals surface area contributed by atoms with Crippen molar-refractivity contribution in [3.63, 3.8) is 0 Å². The maximum atomic E-state index is 3.30. The highest BCUT2D eigenvalue weighted by molar-refractivity contribution is 5.88. The first-order valence-corrected chi connectivity index (χ1v) is 30.5. The van der Waals surface area contributed by atoms with Gasteiger partial charge >= 0.3 is 0 Å². The lowest BCUT2D eigenvalue weighted by Crippen LogP contribution is -1.83. The summed E-state index contributed by atoms with van der Waals surface area (Å²) in [6.45, 7) is 29.8. The zero-order valence-electron chi connectivity index (χ0n) is 54.5. The first kappa shape index (κ1) is 62.6. The Morgan fingerprint density at radius 2 is 0.841 bits per heavy atom. The highest BCUT2D eigenvalue weighted by atomic mass is 14.9. The molecule has 16 rings (SSSR count). The zero-order chi connectivity index (χ0) is 62.8. The van der Waals surface area contributed by atoms with E-state index in [9.17, 15) is 0 Å². The molecule has 8 heterocycles. The summed E-state index contributed by atoms with van der Waals surface area (Å²) >= 11 is 0. The SMILES string of the molecule is Cc1cc(C)c2[nH]ccc2c1.Cc1cc(C)c2cc[nH]c2c1.Cc1cc2c(C)cccc2[nH]1.Cc1cc2cc[nH]c2cc1C.Cc1ccc(C)c2[nH]ccc12.Cc1ccc2[nH]ccc2c1C.Cc1ccc2c(ccn2C)c1.Cc1cccc2c1ccn2C. The van der Waals surface area contributed by atoms with Crippen LogP contribution in [0.25, 0.3) is 87.2 Å². The molecule has 0 aliphatic carbocycles. The van der Waals surface area contributed by atoms with Gasteiger partial charge in [0.25, 0.3) is 0 Å². The third-order valence-electron chi connectivity index (χ3n) is 16.8. The monoisotopic (exact) mass is 1160 g/mol. The van der Waals surface area contributed by atoms with Crippen LogP contribution in [0.2, 0.25) is 0 Å². The number of fused-ring (bicyclic) bond motifs is 8. The quantitative estimate of drug-likeness (QED) is 0.0871. The number of aromatic nitrogens is 8. The summed E-state index contributed by atoms with van der Waals surface area (Å²) in [5.41, 5.74) is 28.7. The first-order chi connectivity index (χ1) is 42.2. The molecule has 448 valence electrons. The van der Waals surface area contributed by atoms with Gasteiger partial charge in [-0.25, -0.2) is 0 Å². The maximum Gasteiger partial charge on any atom is 0.0486 e. The molecular formula is C80H88N8. The van der Waals surface area contributed by atoms with Gasteiger partial charge in [-0.15, -0.1) is 0 Å². The van der Waals surface area contributed by atoms with Gasteiger partial charge in [0.1, 0.15) is 0 Å². The molecule has 0 spiro atoms. The number of aromatic amines is 6. The molecule has 6 N–H and O–H groups in total. The average molecular weight is 1160 g/mol.